The standard InChI is InChI=1S/C20H19FN2O4/c1-2-11-23-19(24)15-8-4-3-7-14(15)18(22-23)20(25)27-13-12-26-17-10-6-5-9-16(17)21/h3-10H,2,11-13H2,1H3. The Morgan fingerprint density at radius 1 is 1.07 bits per heavy atom. The third-order valence-electron chi connectivity index (χ3n) is 3.91. The number of ether oxygens (including phenoxy) is 2. The summed E-state index contributed by atoms with van der Waals surface area (Å²) in [5, 5.41) is 5.02. The molecule has 0 radical (unpaired) electrons. The van der Waals surface area contributed by atoms with E-state index >= 15 is 0 Å². The Balaban J connectivity index is 1.74. The van der Waals surface area contributed by atoms with Crippen LogP contribution < -0.4 is 10.3 Å². The van der Waals surface area contributed by atoms with Crippen molar-refractivity contribution in [2.45, 2.75) is 19.9 Å². The summed E-state index contributed by atoms with van der Waals surface area (Å²) < 4.78 is 25.2. The molecule has 0 unspecified atom stereocenters. The summed E-state index contributed by atoms with van der Waals surface area (Å²) in [4.78, 5) is 24.9. The fourth-order valence-corrected chi connectivity index (χ4v) is 2.67. The van der Waals surface area contributed by atoms with E-state index in [2.05, 4.69) is 5.10 Å². The number of para-hydroxylation sites is 1. The Morgan fingerprint density at radius 3 is 2.52 bits per heavy atom. The largest absolute Gasteiger partial charge is 0.487 e. The van der Waals surface area contributed by atoms with Crippen molar-refractivity contribution in [1.29, 1.82) is 0 Å². The van der Waals surface area contributed by atoms with Crippen LogP contribution in [0.2, 0.25) is 0 Å². The summed E-state index contributed by atoms with van der Waals surface area (Å²) in [7, 11) is 0. The highest BCUT2D eigenvalue weighted by Crippen LogP contribution is 2.16. The van der Waals surface area contributed by atoms with E-state index in [1.165, 1.54) is 16.8 Å². The van der Waals surface area contributed by atoms with Crippen LogP contribution in [0.5, 0.6) is 5.75 Å². The van der Waals surface area contributed by atoms with Gasteiger partial charge in [-0.25, -0.2) is 13.9 Å². The van der Waals surface area contributed by atoms with Gasteiger partial charge < -0.3 is 9.47 Å². The third kappa shape index (κ3) is 4.13. The molecule has 0 saturated heterocycles. The van der Waals surface area contributed by atoms with E-state index in [-0.39, 0.29) is 30.2 Å². The molecule has 2 aromatic carbocycles. The highest BCUT2D eigenvalue weighted by Gasteiger charge is 2.17. The highest BCUT2D eigenvalue weighted by atomic mass is 19.1. The summed E-state index contributed by atoms with van der Waals surface area (Å²) >= 11 is 0. The molecule has 3 rings (SSSR count). The van der Waals surface area contributed by atoms with Crippen LogP contribution in [-0.4, -0.2) is 29.0 Å². The van der Waals surface area contributed by atoms with Crippen molar-refractivity contribution in [3.05, 3.63) is 70.4 Å². The van der Waals surface area contributed by atoms with Gasteiger partial charge in [0.2, 0.25) is 0 Å². The summed E-state index contributed by atoms with van der Waals surface area (Å²) in [6.45, 7) is 2.25. The van der Waals surface area contributed by atoms with Crippen molar-refractivity contribution >= 4 is 16.7 Å². The zero-order chi connectivity index (χ0) is 19.2. The Morgan fingerprint density at radius 2 is 1.78 bits per heavy atom. The number of aryl methyl sites for hydroxylation is 1. The second-order valence-corrected chi connectivity index (χ2v) is 5.84. The monoisotopic (exact) mass is 370 g/mol. The van der Waals surface area contributed by atoms with E-state index in [0.29, 0.717) is 23.7 Å². The predicted octanol–water partition coefficient (Wildman–Crippen LogP) is 3.18. The fourth-order valence-electron chi connectivity index (χ4n) is 2.67. The van der Waals surface area contributed by atoms with E-state index in [1.807, 2.05) is 6.92 Å². The molecule has 0 fully saturated rings. The molecule has 6 nitrogen and oxygen atoms in total. The molecule has 1 heterocycles. The van der Waals surface area contributed by atoms with Crippen molar-refractivity contribution in [3.8, 4) is 5.75 Å². The molecule has 140 valence electrons. The van der Waals surface area contributed by atoms with Gasteiger partial charge in [-0.3, -0.25) is 4.79 Å². The lowest BCUT2D eigenvalue weighted by Gasteiger charge is -2.11. The van der Waals surface area contributed by atoms with E-state index in [4.69, 9.17) is 9.47 Å². The number of hydrogen-bond donors (Lipinski definition) is 0. The zero-order valence-electron chi connectivity index (χ0n) is 14.9. The lowest BCUT2D eigenvalue weighted by Crippen LogP contribution is -2.26. The number of fused-ring (bicyclic) bond motifs is 1. The number of halogens is 1. The van der Waals surface area contributed by atoms with Crippen LogP contribution in [0.4, 0.5) is 4.39 Å². The second kappa shape index (κ2) is 8.44. The number of carbonyl (C=O) groups is 1. The molecular formula is C20H19FN2O4. The Labute approximate surface area is 155 Å². The Hall–Kier alpha value is -3.22. The van der Waals surface area contributed by atoms with Gasteiger partial charge in [0.05, 0.1) is 5.39 Å². The number of benzene rings is 2. The maximum atomic E-state index is 13.5. The SMILES string of the molecule is CCCn1nc(C(=O)OCCOc2ccccc2F)c2ccccc2c1=O. The molecule has 0 atom stereocenters. The Bertz CT molecular complexity index is 1020. The molecule has 0 bridgehead atoms. The lowest BCUT2D eigenvalue weighted by molar-refractivity contribution is 0.0441. The molecule has 3 aromatic rings. The highest BCUT2D eigenvalue weighted by molar-refractivity contribution is 6.02. The van der Waals surface area contributed by atoms with Crippen molar-refractivity contribution < 1.29 is 18.7 Å². The van der Waals surface area contributed by atoms with Crippen LogP contribution in [0.3, 0.4) is 0 Å². The molecular weight excluding hydrogens is 351 g/mol. The topological polar surface area (TPSA) is 70.4 Å². The van der Waals surface area contributed by atoms with E-state index in [9.17, 15) is 14.0 Å². The summed E-state index contributed by atoms with van der Waals surface area (Å²) in [6.07, 6.45) is 0.705. The zero-order valence-corrected chi connectivity index (χ0v) is 14.9. The van der Waals surface area contributed by atoms with Crippen molar-refractivity contribution in [1.82, 2.24) is 9.78 Å². The quantitative estimate of drug-likeness (QED) is 0.472. The van der Waals surface area contributed by atoms with Gasteiger partial charge >= 0.3 is 5.97 Å². The van der Waals surface area contributed by atoms with Gasteiger partial charge in [0.25, 0.3) is 5.56 Å². The molecule has 7 heteroatoms. The van der Waals surface area contributed by atoms with Gasteiger partial charge in [-0.2, -0.15) is 5.10 Å². The fraction of sp³-hybridized carbons (Fsp3) is 0.250. The molecule has 0 aliphatic rings. The van der Waals surface area contributed by atoms with Crippen LogP contribution in [-0.2, 0) is 11.3 Å². The average molecular weight is 370 g/mol. The number of carbonyl (C=O) groups excluding carboxylic acids is 1. The minimum absolute atomic E-state index is 0.000789. The summed E-state index contributed by atoms with van der Waals surface area (Å²) in [5.74, 6) is -1.05. The van der Waals surface area contributed by atoms with Gasteiger partial charge in [0, 0.05) is 11.9 Å². The minimum Gasteiger partial charge on any atom is -0.487 e. The first-order chi connectivity index (χ1) is 13.1. The number of hydrogen-bond acceptors (Lipinski definition) is 5. The molecule has 0 amide bonds. The Kier molecular flexibility index (Phi) is 5.80. The maximum absolute atomic E-state index is 13.5. The van der Waals surface area contributed by atoms with Crippen molar-refractivity contribution in [3.63, 3.8) is 0 Å². The number of esters is 1. The van der Waals surface area contributed by atoms with Crippen LogP contribution >= 0.6 is 0 Å². The van der Waals surface area contributed by atoms with Crippen LogP contribution in [0.15, 0.2) is 53.3 Å². The normalized spacial score (nSPS) is 10.7. The van der Waals surface area contributed by atoms with Gasteiger partial charge in [0.15, 0.2) is 17.3 Å². The van der Waals surface area contributed by atoms with Crippen LogP contribution in [0.1, 0.15) is 23.8 Å². The van der Waals surface area contributed by atoms with Gasteiger partial charge in [-0.15, -0.1) is 0 Å². The lowest BCUT2D eigenvalue weighted by atomic mass is 10.1. The molecule has 0 aliphatic heterocycles. The minimum atomic E-state index is -0.659. The van der Waals surface area contributed by atoms with E-state index < -0.39 is 11.8 Å². The second-order valence-electron chi connectivity index (χ2n) is 5.84. The average Bonchev–Trinajstić information content (AvgIpc) is 2.68. The number of nitrogens with zero attached hydrogens (tertiary/aromatic N) is 2. The number of aromatic nitrogens is 2. The van der Waals surface area contributed by atoms with E-state index in [0.717, 1.165) is 0 Å². The molecule has 0 N–H and O–H groups in total. The molecule has 0 saturated carbocycles. The predicted molar refractivity (Wildman–Crippen MR) is 98.5 cm³/mol. The number of rotatable bonds is 7. The van der Waals surface area contributed by atoms with Gasteiger partial charge in [0.1, 0.15) is 13.2 Å². The summed E-state index contributed by atoms with van der Waals surface area (Å²) in [5.41, 5.74) is -0.170. The van der Waals surface area contributed by atoms with Gasteiger partial charge in [-0.1, -0.05) is 37.3 Å². The molecule has 1 aromatic heterocycles. The van der Waals surface area contributed by atoms with E-state index in [1.54, 1.807) is 36.4 Å². The van der Waals surface area contributed by atoms with Crippen molar-refractivity contribution in [2.75, 3.05) is 13.2 Å². The smallest absolute Gasteiger partial charge is 0.359 e. The molecule has 27 heavy (non-hydrogen) atoms. The first-order valence-corrected chi connectivity index (χ1v) is 8.66. The van der Waals surface area contributed by atoms with Crippen LogP contribution in [0.25, 0.3) is 10.8 Å². The maximum Gasteiger partial charge on any atom is 0.359 e. The summed E-state index contributed by atoms with van der Waals surface area (Å²) in [6, 6.07) is 12.8. The molecule has 0 aliphatic carbocycles. The first kappa shape index (κ1) is 18.6. The third-order valence-corrected chi connectivity index (χ3v) is 3.91. The van der Waals surface area contributed by atoms with Crippen molar-refractivity contribution in [2.24, 2.45) is 0 Å². The first-order valence-electron chi connectivity index (χ1n) is 8.66. The van der Waals surface area contributed by atoms with Crippen LogP contribution in [0, 0.1) is 5.82 Å². The molecule has 0 spiro atoms. The van der Waals surface area contributed by atoms with Gasteiger partial charge in [-0.05, 0) is 24.6 Å².